The number of carbonyl (C=O) groups excluding carboxylic acids is 1. The van der Waals surface area contributed by atoms with Gasteiger partial charge in [0.1, 0.15) is 11.4 Å². The van der Waals surface area contributed by atoms with Crippen LogP contribution in [-0.4, -0.2) is 27.8 Å². The number of nitrogens with zero attached hydrogens (tertiary/aromatic N) is 1. The van der Waals surface area contributed by atoms with Gasteiger partial charge in [0.15, 0.2) is 0 Å². The van der Waals surface area contributed by atoms with E-state index in [1.807, 2.05) is 0 Å². The van der Waals surface area contributed by atoms with E-state index in [4.69, 9.17) is 9.84 Å². The third-order valence-corrected chi connectivity index (χ3v) is 1.90. The first kappa shape index (κ1) is 15.5. The lowest BCUT2D eigenvalue weighted by Gasteiger charge is -2.19. The number of amides is 1. The van der Waals surface area contributed by atoms with E-state index in [2.05, 4.69) is 15.8 Å². The molecule has 0 aliphatic carbocycles. The maximum atomic E-state index is 11.4. The number of carbonyl (C=O) groups is 2. The molecule has 0 aliphatic rings. The Bertz CT molecular complexity index is 503. The minimum absolute atomic E-state index is 0.406. The lowest BCUT2D eigenvalue weighted by atomic mass is 10.2. The summed E-state index contributed by atoms with van der Waals surface area (Å²) in [4.78, 5) is 25.7. The predicted octanol–water partition coefficient (Wildman–Crippen LogP) is 2.03. The van der Waals surface area contributed by atoms with E-state index >= 15 is 0 Å². The van der Waals surface area contributed by atoms with Gasteiger partial charge in [0.2, 0.25) is 0 Å². The fraction of sp³-hybridized carbons (Fsp3) is 0.308. The number of carboxylic acids is 1. The van der Waals surface area contributed by atoms with Crippen LogP contribution in [0.2, 0.25) is 0 Å². The number of anilines is 1. The molecule has 1 aromatic rings. The van der Waals surface area contributed by atoms with Crippen LogP contribution in [0.3, 0.4) is 0 Å². The van der Waals surface area contributed by atoms with Gasteiger partial charge in [-0.25, -0.2) is 20.0 Å². The molecule has 0 saturated carbocycles. The molecule has 0 unspecified atom stereocenters. The Balaban J connectivity index is 2.50. The zero-order valence-corrected chi connectivity index (χ0v) is 11.5. The molecular formula is C13H17N3O4. The van der Waals surface area contributed by atoms with Crippen LogP contribution in [0.4, 0.5) is 10.6 Å². The molecule has 0 radical (unpaired) electrons. The highest BCUT2D eigenvalue weighted by Crippen LogP contribution is 2.08. The lowest BCUT2D eigenvalue weighted by molar-refractivity contribution is -0.131. The highest BCUT2D eigenvalue weighted by Gasteiger charge is 2.15. The van der Waals surface area contributed by atoms with Crippen molar-refractivity contribution < 1.29 is 19.4 Å². The monoisotopic (exact) mass is 279 g/mol. The Kier molecular flexibility index (Phi) is 5.08. The molecule has 0 bridgehead atoms. The van der Waals surface area contributed by atoms with Crippen molar-refractivity contribution in [3.05, 3.63) is 30.0 Å². The molecule has 20 heavy (non-hydrogen) atoms. The molecule has 0 aromatic carbocycles. The third-order valence-electron chi connectivity index (χ3n) is 1.90. The molecule has 108 valence electrons. The van der Waals surface area contributed by atoms with Gasteiger partial charge in [-0.05, 0) is 44.5 Å². The maximum absolute atomic E-state index is 11.4. The maximum Gasteiger partial charge on any atom is 0.426 e. The molecule has 7 nitrogen and oxygen atoms in total. The number of ether oxygens (including phenoxy) is 1. The second-order valence-corrected chi connectivity index (χ2v) is 4.90. The minimum atomic E-state index is -1.03. The molecule has 1 aromatic heterocycles. The standard InChI is InChI=1S/C13H17N3O4/c1-13(2,3)20-12(19)16-15-10-6-4-9(8-14-10)5-7-11(17)18/h4-8H,1-3H3,(H,14,15)(H,16,19)(H,17,18)/b7-5+. The number of hydrazine groups is 1. The summed E-state index contributed by atoms with van der Waals surface area (Å²) in [5.74, 6) is -0.623. The van der Waals surface area contributed by atoms with Gasteiger partial charge in [0, 0.05) is 12.3 Å². The minimum Gasteiger partial charge on any atom is -0.478 e. The molecule has 1 rings (SSSR count). The van der Waals surface area contributed by atoms with Crippen molar-refractivity contribution in [1.82, 2.24) is 10.4 Å². The van der Waals surface area contributed by atoms with Crippen LogP contribution < -0.4 is 10.9 Å². The zero-order chi connectivity index (χ0) is 15.2. The fourth-order valence-corrected chi connectivity index (χ4v) is 1.16. The van der Waals surface area contributed by atoms with Gasteiger partial charge in [-0.15, -0.1) is 0 Å². The quantitative estimate of drug-likeness (QED) is 0.576. The van der Waals surface area contributed by atoms with Crippen LogP contribution >= 0.6 is 0 Å². The normalized spacial score (nSPS) is 11.2. The van der Waals surface area contributed by atoms with Crippen LogP contribution in [0.15, 0.2) is 24.4 Å². The van der Waals surface area contributed by atoms with Crippen LogP contribution in [0.25, 0.3) is 6.08 Å². The molecule has 3 N–H and O–H groups in total. The van der Waals surface area contributed by atoms with Crippen molar-refractivity contribution in [2.45, 2.75) is 26.4 Å². The van der Waals surface area contributed by atoms with Gasteiger partial charge < -0.3 is 9.84 Å². The summed E-state index contributed by atoms with van der Waals surface area (Å²) in [6.45, 7) is 5.28. The smallest absolute Gasteiger partial charge is 0.426 e. The molecule has 0 aliphatic heterocycles. The predicted molar refractivity (Wildman–Crippen MR) is 73.9 cm³/mol. The average molecular weight is 279 g/mol. The van der Waals surface area contributed by atoms with Gasteiger partial charge in [-0.1, -0.05) is 0 Å². The van der Waals surface area contributed by atoms with Crippen molar-refractivity contribution in [2.75, 3.05) is 5.43 Å². The molecule has 7 heteroatoms. The van der Waals surface area contributed by atoms with E-state index in [1.54, 1.807) is 32.9 Å². The van der Waals surface area contributed by atoms with Crippen molar-refractivity contribution in [3.63, 3.8) is 0 Å². The fourth-order valence-electron chi connectivity index (χ4n) is 1.16. The Morgan fingerprint density at radius 2 is 2.05 bits per heavy atom. The van der Waals surface area contributed by atoms with E-state index < -0.39 is 17.7 Å². The molecular weight excluding hydrogens is 262 g/mol. The van der Waals surface area contributed by atoms with E-state index in [-0.39, 0.29) is 0 Å². The number of pyridine rings is 1. The number of hydrogen-bond acceptors (Lipinski definition) is 5. The van der Waals surface area contributed by atoms with Gasteiger partial charge in [0.05, 0.1) is 0 Å². The number of nitrogens with one attached hydrogen (secondary N) is 2. The summed E-state index contributed by atoms with van der Waals surface area (Å²) in [6.07, 6.45) is 3.29. The summed E-state index contributed by atoms with van der Waals surface area (Å²) in [5.41, 5.74) is 4.98. The Hall–Kier alpha value is -2.57. The van der Waals surface area contributed by atoms with E-state index in [0.717, 1.165) is 6.08 Å². The first-order valence-corrected chi connectivity index (χ1v) is 5.88. The second kappa shape index (κ2) is 6.55. The van der Waals surface area contributed by atoms with Crippen LogP contribution in [0.5, 0.6) is 0 Å². The topological polar surface area (TPSA) is 101 Å². The summed E-state index contributed by atoms with van der Waals surface area (Å²) in [5, 5.41) is 8.49. The van der Waals surface area contributed by atoms with Crippen LogP contribution in [0, 0.1) is 0 Å². The number of aliphatic carboxylic acids is 1. The van der Waals surface area contributed by atoms with Crippen molar-refractivity contribution in [2.24, 2.45) is 0 Å². The molecule has 0 spiro atoms. The Labute approximate surface area is 116 Å². The highest BCUT2D eigenvalue weighted by molar-refractivity contribution is 5.85. The van der Waals surface area contributed by atoms with Crippen molar-refractivity contribution in [1.29, 1.82) is 0 Å². The number of hydrogen-bond donors (Lipinski definition) is 3. The Morgan fingerprint density at radius 3 is 2.55 bits per heavy atom. The lowest BCUT2D eigenvalue weighted by Crippen LogP contribution is -2.36. The second-order valence-electron chi connectivity index (χ2n) is 4.90. The van der Waals surface area contributed by atoms with Gasteiger partial charge in [0.25, 0.3) is 0 Å². The van der Waals surface area contributed by atoms with Gasteiger partial charge >= 0.3 is 12.1 Å². The molecule has 0 atom stereocenters. The summed E-state index contributed by atoms with van der Waals surface area (Å²) >= 11 is 0. The SMILES string of the molecule is CC(C)(C)OC(=O)NNc1ccc(/C=C/C(=O)O)cn1. The van der Waals surface area contributed by atoms with Crippen LogP contribution in [-0.2, 0) is 9.53 Å². The van der Waals surface area contributed by atoms with Crippen LogP contribution in [0.1, 0.15) is 26.3 Å². The summed E-state index contributed by atoms with van der Waals surface area (Å²) in [7, 11) is 0. The highest BCUT2D eigenvalue weighted by atomic mass is 16.6. The summed E-state index contributed by atoms with van der Waals surface area (Å²) < 4.78 is 5.03. The number of rotatable bonds is 4. The van der Waals surface area contributed by atoms with Crippen molar-refractivity contribution >= 4 is 24.0 Å². The Morgan fingerprint density at radius 1 is 1.35 bits per heavy atom. The molecule has 1 amide bonds. The third kappa shape index (κ3) is 6.39. The average Bonchev–Trinajstić information content (AvgIpc) is 2.33. The number of aromatic nitrogens is 1. The first-order valence-electron chi connectivity index (χ1n) is 5.88. The first-order chi connectivity index (χ1) is 9.26. The van der Waals surface area contributed by atoms with E-state index in [9.17, 15) is 9.59 Å². The van der Waals surface area contributed by atoms with E-state index in [1.165, 1.54) is 12.3 Å². The van der Waals surface area contributed by atoms with Gasteiger partial charge in [-0.3, -0.25) is 5.43 Å². The van der Waals surface area contributed by atoms with Gasteiger partial charge in [-0.2, -0.15) is 0 Å². The van der Waals surface area contributed by atoms with Crippen molar-refractivity contribution in [3.8, 4) is 0 Å². The largest absolute Gasteiger partial charge is 0.478 e. The molecule has 0 saturated heterocycles. The summed E-state index contributed by atoms with van der Waals surface area (Å²) in [6, 6.07) is 3.25. The molecule has 0 fully saturated rings. The van der Waals surface area contributed by atoms with E-state index in [0.29, 0.717) is 11.4 Å². The number of carboxylic acid groups (broad SMARTS) is 1. The zero-order valence-electron chi connectivity index (χ0n) is 11.5. The molecule has 1 heterocycles.